The van der Waals surface area contributed by atoms with E-state index >= 15 is 0 Å². The van der Waals surface area contributed by atoms with E-state index in [1.807, 2.05) is 48.9 Å². The van der Waals surface area contributed by atoms with Crippen LogP contribution in [0.3, 0.4) is 0 Å². The summed E-state index contributed by atoms with van der Waals surface area (Å²) in [6.45, 7) is 5.59. The van der Waals surface area contributed by atoms with Crippen molar-refractivity contribution >= 4 is 5.91 Å². The van der Waals surface area contributed by atoms with Crippen LogP contribution in [-0.2, 0) is 0 Å². The average molecular weight is 369 g/mol. The summed E-state index contributed by atoms with van der Waals surface area (Å²) in [6.07, 6.45) is 7.71. The number of amides is 1. The van der Waals surface area contributed by atoms with Crippen molar-refractivity contribution in [3.05, 3.63) is 47.3 Å². The van der Waals surface area contributed by atoms with Gasteiger partial charge in [-0.15, -0.1) is 0 Å². The predicted molar refractivity (Wildman–Crippen MR) is 109 cm³/mol. The lowest BCUT2D eigenvalue weighted by atomic mass is 9.94. The van der Waals surface area contributed by atoms with Gasteiger partial charge in [0.15, 0.2) is 0 Å². The average Bonchev–Trinajstić information content (AvgIpc) is 3.00. The molecule has 0 saturated heterocycles. The first-order valence-corrected chi connectivity index (χ1v) is 10.2. The van der Waals surface area contributed by atoms with Crippen molar-refractivity contribution in [1.82, 2.24) is 20.0 Å². The molecule has 1 aromatic heterocycles. The van der Waals surface area contributed by atoms with Gasteiger partial charge < -0.3 is 10.2 Å². The Morgan fingerprint density at radius 2 is 1.89 bits per heavy atom. The van der Waals surface area contributed by atoms with Crippen LogP contribution >= 0.6 is 0 Å². The minimum Gasteiger partial charge on any atom is -0.352 e. The smallest absolute Gasteiger partial charge is 0.255 e. The third-order valence-corrected chi connectivity index (χ3v) is 5.69. The Hall–Kier alpha value is -2.14. The molecule has 146 valence electrons. The summed E-state index contributed by atoms with van der Waals surface area (Å²) in [5.74, 6) is -0.0208. The molecule has 5 nitrogen and oxygen atoms in total. The lowest BCUT2D eigenvalue weighted by Gasteiger charge is -2.31. The first-order chi connectivity index (χ1) is 13.1. The Labute approximate surface area is 162 Å². The molecule has 0 aliphatic heterocycles. The Morgan fingerprint density at radius 1 is 1.19 bits per heavy atom. The van der Waals surface area contributed by atoms with E-state index in [1.165, 1.54) is 32.1 Å². The van der Waals surface area contributed by atoms with Crippen LogP contribution in [0.4, 0.5) is 0 Å². The second kappa shape index (κ2) is 9.18. The molecule has 0 unspecified atom stereocenters. The van der Waals surface area contributed by atoms with Gasteiger partial charge in [-0.1, -0.05) is 37.5 Å². The van der Waals surface area contributed by atoms with E-state index in [9.17, 15) is 4.79 Å². The molecule has 0 bridgehead atoms. The number of nitrogens with zero attached hydrogens (tertiary/aromatic N) is 3. The summed E-state index contributed by atoms with van der Waals surface area (Å²) in [6, 6.07) is 10.7. The molecule has 1 saturated carbocycles. The maximum absolute atomic E-state index is 12.7. The van der Waals surface area contributed by atoms with Crippen LogP contribution < -0.4 is 5.32 Å². The number of carbonyl (C=O) groups excluding carboxylic acids is 1. The van der Waals surface area contributed by atoms with Crippen LogP contribution in [-0.4, -0.2) is 46.8 Å². The van der Waals surface area contributed by atoms with Gasteiger partial charge in [0, 0.05) is 12.6 Å². The standard InChI is InChI=1S/C22H32N4O/c1-17-21(18(2)26(24-17)20-13-8-5-9-14-20)22(27)23-15-10-16-25(3)19-11-6-4-7-12-19/h5,8-9,13-14,19H,4,6-7,10-12,15-16H2,1-3H3,(H,23,27). The summed E-state index contributed by atoms with van der Waals surface area (Å²) < 4.78 is 1.85. The zero-order valence-corrected chi connectivity index (χ0v) is 16.9. The number of carbonyl (C=O) groups is 1. The van der Waals surface area contributed by atoms with Gasteiger partial charge in [0.25, 0.3) is 5.91 Å². The first kappa shape index (κ1) is 19.6. The minimum atomic E-state index is -0.0208. The van der Waals surface area contributed by atoms with E-state index in [1.54, 1.807) is 0 Å². The van der Waals surface area contributed by atoms with Gasteiger partial charge in [-0.05, 0) is 58.8 Å². The lowest BCUT2D eigenvalue weighted by Crippen LogP contribution is -2.36. The van der Waals surface area contributed by atoms with Crippen molar-refractivity contribution < 1.29 is 4.79 Å². The highest BCUT2D eigenvalue weighted by Gasteiger charge is 2.20. The number of rotatable bonds is 7. The first-order valence-electron chi connectivity index (χ1n) is 10.2. The quantitative estimate of drug-likeness (QED) is 0.755. The molecule has 1 N–H and O–H groups in total. The molecule has 0 spiro atoms. The normalized spacial score (nSPS) is 15.3. The van der Waals surface area contributed by atoms with Crippen molar-refractivity contribution in [2.75, 3.05) is 20.1 Å². The Bertz CT molecular complexity index is 747. The number of hydrogen-bond donors (Lipinski definition) is 1. The summed E-state index contributed by atoms with van der Waals surface area (Å²) in [5, 5.41) is 7.65. The summed E-state index contributed by atoms with van der Waals surface area (Å²) in [4.78, 5) is 15.2. The SMILES string of the molecule is Cc1nn(-c2ccccc2)c(C)c1C(=O)NCCCN(C)C1CCCCC1. The van der Waals surface area contributed by atoms with Crippen LogP contribution in [0.2, 0.25) is 0 Å². The topological polar surface area (TPSA) is 50.2 Å². The largest absolute Gasteiger partial charge is 0.352 e. The second-order valence-electron chi connectivity index (χ2n) is 7.68. The van der Waals surface area contributed by atoms with Gasteiger partial charge in [0.1, 0.15) is 0 Å². The maximum atomic E-state index is 12.7. The third kappa shape index (κ3) is 4.78. The van der Waals surface area contributed by atoms with Gasteiger partial charge in [-0.3, -0.25) is 4.79 Å². The Morgan fingerprint density at radius 3 is 2.59 bits per heavy atom. The zero-order chi connectivity index (χ0) is 19.2. The molecular formula is C22H32N4O. The number of nitrogens with one attached hydrogen (secondary N) is 1. The molecule has 1 amide bonds. The monoisotopic (exact) mass is 368 g/mol. The summed E-state index contributed by atoms with van der Waals surface area (Å²) in [7, 11) is 2.22. The van der Waals surface area contributed by atoms with Crippen molar-refractivity contribution in [1.29, 1.82) is 0 Å². The Balaban J connectivity index is 1.53. The molecule has 1 aliphatic carbocycles. The number of hydrogen-bond acceptors (Lipinski definition) is 3. The molecular weight excluding hydrogens is 336 g/mol. The molecule has 0 radical (unpaired) electrons. The minimum absolute atomic E-state index is 0.0208. The van der Waals surface area contributed by atoms with E-state index in [4.69, 9.17) is 0 Å². The van der Waals surface area contributed by atoms with Crippen LogP contribution in [0.15, 0.2) is 30.3 Å². The fourth-order valence-corrected chi connectivity index (χ4v) is 4.12. The van der Waals surface area contributed by atoms with E-state index in [0.717, 1.165) is 36.1 Å². The van der Waals surface area contributed by atoms with Crippen LogP contribution in [0.25, 0.3) is 5.69 Å². The van der Waals surface area contributed by atoms with Crippen molar-refractivity contribution in [2.45, 2.75) is 58.4 Å². The highest BCUT2D eigenvalue weighted by atomic mass is 16.1. The number of aryl methyl sites for hydroxylation is 1. The van der Waals surface area contributed by atoms with Crippen LogP contribution in [0.5, 0.6) is 0 Å². The number of benzene rings is 1. The van der Waals surface area contributed by atoms with Gasteiger partial charge in [0.05, 0.1) is 22.6 Å². The summed E-state index contributed by atoms with van der Waals surface area (Å²) >= 11 is 0. The van der Waals surface area contributed by atoms with Gasteiger partial charge in [-0.25, -0.2) is 4.68 Å². The number of aromatic nitrogens is 2. The molecule has 27 heavy (non-hydrogen) atoms. The van der Waals surface area contributed by atoms with Gasteiger partial charge in [0.2, 0.25) is 0 Å². The van der Waals surface area contributed by atoms with Gasteiger partial charge >= 0.3 is 0 Å². The summed E-state index contributed by atoms with van der Waals surface area (Å²) in [5.41, 5.74) is 3.33. The predicted octanol–water partition coefficient (Wildman–Crippen LogP) is 3.87. The van der Waals surface area contributed by atoms with E-state index in [-0.39, 0.29) is 5.91 Å². The molecule has 3 rings (SSSR count). The molecule has 0 atom stereocenters. The van der Waals surface area contributed by atoms with Crippen molar-refractivity contribution in [3.63, 3.8) is 0 Å². The molecule has 1 fully saturated rings. The van der Waals surface area contributed by atoms with Crippen LogP contribution in [0.1, 0.15) is 60.3 Å². The fourth-order valence-electron chi connectivity index (χ4n) is 4.12. The molecule has 1 aliphatic rings. The van der Waals surface area contributed by atoms with Crippen LogP contribution in [0, 0.1) is 13.8 Å². The van der Waals surface area contributed by atoms with E-state index in [0.29, 0.717) is 12.1 Å². The number of para-hydroxylation sites is 1. The highest BCUT2D eigenvalue weighted by molar-refractivity contribution is 5.96. The molecule has 5 heteroatoms. The molecule has 1 aromatic carbocycles. The van der Waals surface area contributed by atoms with Crippen molar-refractivity contribution in [3.8, 4) is 5.69 Å². The van der Waals surface area contributed by atoms with Crippen molar-refractivity contribution in [2.24, 2.45) is 0 Å². The third-order valence-electron chi connectivity index (χ3n) is 5.69. The molecule has 1 heterocycles. The Kier molecular flexibility index (Phi) is 6.67. The van der Waals surface area contributed by atoms with E-state index in [2.05, 4.69) is 22.4 Å². The second-order valence-corrected chi connectivity index (χ2v) is 7.68. The zero-order valence-electron chi connectivity index (χ0n) is 16.9. The fraction of sp³-hybridized carbons (Fsp3) is 0.545. The highest BCUT2D eigenvalue weighted by Crippen LogP contribution is 2.21. The van der Waals surface area contributed by atoms with E-state index < -0.39 is 0 Å². The molecule has 2 aromatic rings. The maximum Gasteiger partial charge on any atom is 0.255 e. The van der Waals surface area contributed by atoms with Gasteiger partial charge in [-0.2, -0.15) is 5.10 Å². The lowest BCUT2D eigenvalue weighted by molar-refractivity contribution is 0.0949.